The largest absolute Gasteiger partial charge is 0.494 e. The Bertz CT molecular complexity index is 1090. The number of fused-ring (bicyclic) bond motifs is 1. The quantitative estimate of drug-likeness (QED) is 0.756. The zero-order valence-corrected chi connectivity index (χ0v) is 16.4. The van der Waals surface area contributed by atoms with Crippen molar-refractivity contribution in [3.63, 3.8) is 0 Å². The van der Waals surface area contributed by atoms with Gasteiger partial charge in [-0.3, -0.25) is 9.80 Å². The molecule has 0 saturated carbocycles. The molecular weight excluding hydrogens is 394 g/mol. The predicted molar refractivity (Wildman–Crippen MR) is 105 cm³/mol. The second-order valence-electron chi connectivity index (χ2n) is 6.99. The van der Waals surface area contributed by atoms with Crippen LogP contribution in [0.15, 0.2) is 53.5 Å². The Morgan fingerprint density at radius 1 is 1.33 bits per heavy atom. The van der Waals surface area contributed by atoms with Crippen molar-refractivity contribution in [2.45, 2.75) is 19.4 Å². The number of nitrogens with one attached hydrogen (secondary N) is 2. The molecule has 8 nitrogen and oxygen atoms in total. The number of methoxy groups -OCH3 is 1. The summed E-state index contributed by atoms with van der Waals surface area (Å²) in [5.74, 6) is -2.18. The third kappa shape index (κ3) is 4.02. The standard InChI is InChI=1S/C20H20F2N6O2/c1-27-16-4-3-12(5-14(16)9-23-27)8-19(29)25-18-10-24-28(26-18)11-13-6-15(21)20(22)17(7-13)30-2/h3-4,6-7,9-10,23H,5,8,11H2,1-2H3,(H,25,26,29). The first-order valence-corrected chi connectivity index (χ1v) is 9.24. The highest BCUT2D eigenvalue weighted by molar-refractivity contribution is 5.91. The number of benzene rings is 1. The van der Waals surface area contributed by atoms with Gasteiger partial charge in [0.05, 0.1) is 25.5 Å². The molecule has 2 heterocycles. The summed E-state index contributed by atoms with van der Waals surface area (Å²) in [6.07, 6.45) is 8.18. The zero-order valence-electron chi connectivity index (χ0n) is 16.4. The van der Waals surface area contributed by atoms with E-state index in [0.717, 1.165) is 22.9 Å². The van der Waals surface area contributed by atoms with Crippen LogP contribution in [0, 0.1) is 11.6 Å². The number of carbonyl (C=O) groups is 1. The van der Waals surface area contributed by atoms with Gasteiger partial charge < -0.3 is 15.5 Å². The van der Waals surface area contributed by atoms with E-state index in [9.17, 15) is 13.6 Å². The van der Waals surface area contributed by atoms with Crippen molar-refractivity contribution in [1.82, 2.24) is 25.4 Å². The summed E-state index contributed by atoms with van der Waals surface area (Å²) in [7, 11) is 3.19. The summed E-state index contributed by atoms with van der Waals surface area (Å²) in [6, 6.07) is 2.43. The minimum absolute atomic E-state index is 0.0941. The number of rotatable bonds is 6. The fourth-order valence-corrected chi connectivity index (χ4v) is 3.36. The molecule has 1 aromatic carbocycles. The van der Waals surface area contributed by atoms with Crippen molar-refractivity contribution in [3.8, 4) is 5.75 Å². The molecule has 156 valence electrons. The number of carbonyl (C=O) groups excluding carboxylic acids is 1. The second kappa shape index (κ2) is 7.97. The molecule has 0 saturated heterocycles. The average molecular weight is 414 g/mol. The molecule has 0 atom stereocenters. The van der Waals surface area contributed by atoms with Crippen LogP contribution in [0.2, 0.25) is 0 Å². The highest BCUT2D eigenvalue weighted by Crippen LogP contribution is 2.30. The minimum atomic E-state index is -1.04. The van der Waals surface area contributed by atoms with Crippen LogP contribution in [0.4, 0.5) is 14.6 Å². The Balaban J connectivity index is 1.37. The van der Waals surface area contributed by atoms with Crippen LogP contribution in [-0.4, -0.2) is 40.1 Å². The van der Waals surface area contributed by atoms with E-state index in [-0.39, 0.29) is 30.4 Å². The maximum atomic E-state index is 13.7. The van der Waals surface area contributed by atoms with E-state index in [4.69, 9.17) is 4.74 Å². The predicted octanol–water partition coefficient (Wildman–Crippen LogP) is 2.49. The molecule has 10 heteroatoms. The number of hydrazine groups is 1. The summed E-state index contributed by atoms with van der Waals surface area (Å²) < 4.78 is 32.0. The fourth-order valence-electron chi connectivity index (χ4n) is 3.36. The lowest BCUT2D eigenvalue weighted by Gasteiger charge is -2.19. The number of allylic oxidation sites excluding steroid dienone is 3. The van der Waals surface area contributed by atoms with E-state index in [1.54, 1.807) is 0 Å². The van der Waals surface area contributed by atoms with Crippen molar-refractivity contribution in [3.05, 3.63) is 70.7 Å². The summed E-state index contributed by atoms with van der Waals surface area (Å²) >= 11 is 0. The van der Waals surface area contributed by atoms with Gasteiger partial charge in [0.25, 0.3) is 0 Å². The summed E-state index contributed by atoms with van der Waals surface area (Å²) in [5.41, 5.74) is 6.75. The molecule has 0 unspecified atom stereocenters. The number of nitrogens with zero attached hydrogens (tertiary/aromatic N) is 4. The Kier molecular flexibility index (Phi) is 5.21. The number of anilines is 1. The first-order chi connectivity index (χ1) is 14.4. The van der Waals surface area contributed by atoms with Gasteiger partial charge in [-0.1, -0.05) is 11.6 Å². The zero-order chi connectivity index (χ0) is 21.3. The number of likely N-dealkylation sites (N-methyl/N-ethyl adjacent to an activating group) is 1. The molecule has 30 heavy (non-hydrogen) atoms. The molecule has 0 bridgehead atoms. The molecule has 1 aromatic heterocycles. The van der Waals surface area contributed by atoms with Gasteiger partial charge in [-0.15, -0.1) is 5.10 Å². The Morgan fingerprint density at radius 2 is 2.17 bits per heavy atom. The van der Waals surface area contributed by atoms with E-state index in [2.05, 4.69) is 20.9 Å². The smallest absolute Gasteiger partial charge is 0.229 e. The van der Waals surface area contributed by atoms with Crippen LogP contribution in [0.3, 0.4) is 0 Å². The van der Waals surface area contributed by atoms with Crippen LogP contribution in [0.5, 0.6) is 5.75 Å². The van der Waals surface area contributed by atoms with E-state index in [0.29, 0.717) is 12.0 Å². The first kappa shape index (κ1) is 19.6. The third-order valence-electron chi connectivity index (χ3n) is 4.81. The van der Waals surface area contributed by atoms with Crippen molar-refractivity contribution in [2.75, 3.05) is 19.5 Å². The Morgan fingerprint density at radius 3 is 2.97 bits per heavy atom. The lowest BCUT2D eigenvalue weighted by atomic mass is 9.96. The lowest BCUT2D eigenvalue weighted by Crippen LogP contribution is -2.24. The number of hydrogen-bond acceptors (Lipinski definition) is 6. The molecule has 1 amide bonds. The molecule has 1 aliphatic heterocycles. The number of hydrogen-bond donors (Lipinski definition) is 2. The molecule has 0 spiro atoms. The van der Waals surface area contributed by atoms with Crippen molar-refractivity contribution >= 4 is 11.7 Å². The van der Waals surface area contributed by atoms with Crippen molar-refractivity contribution in [1.29, 1.82) is 0 Å². The third-order valence-corrected chi connectivity index (χ3v) is 4.81. The molecule has 2 aliphatic rings. The molecule has 0 fully saturated rings. The van der Waals surface area contributed by atoms with Gasteiger partial charge in [0.15, 0.2) is 17.4 Å². The number of amides is 1. The van der Waals surface area contributed by atoms with Gasteiger partial charge in [0.2, 0.25) is 11.7 Å². The number of ether oxygens (including phenoxy) is 1. The number of aromatic nitrogens is 3. The highest BCUT2D eigenvalue weighted by Gasteiger charge is 2.21. The van der Waals surface area contributed by atoms with Gasteiger partial charge in [0.1, 0.15) is 0 Å². The van der Waals surface area contributed by atoms with E-state index in [1.165, 1.54) is 24.2 Å². The van der Waals surface area contributed by atoms with Crippen molar-refractivity contribution in [2.24, 2.45) is 0 Å². The second-order valence-corrected chi connectivity index (χ2v) is 6.99. The molecule has 4 rings (SSSR count). The van der Waals surface area contributed by atoms with E-state index < -0.39 is 11.6 Å². The van der Waals surface area contributed by atoms with E-state index in [1.807, 2.05) is 30.4 Å². The van der Waals surface area contributed by atoms with Crippen LogP contribution in [0.1, 0.15) is 18.4 Å². The van der Waals surface area contributed by atoms with Crippen LogP contribution < -0.4 is 15.5 Å². The fraction of sp³-hybridized carbons (Fsp3) is 0.250. The summed E-state index contributed by atoms with van der Waals surface area (Å²) in [6.45, 7) is 0.0941. The van der Waals surface area contributed by atoms with Gasteiger partial charge in [-0.25, -0.2) is 4.39 Å². The first-order valence-electron chi connectivity index (χ1n) is 9.24. The maximum absolute atomic E-state index is 13.7. The monoisotopic (exact) mass is 414 g/mol. The summed E-state index contributed by atoms with van der Waals surface area (Å²) in [5, 5.41) is 12.9. The lowest BCUT2D eigenvalue weighted by molar-refractivity contribution is -0.115. The maximum Gasteiger partial charge on any atom is 0.229 e. The van der Waals surface area contributed by atoms with Crippen LogP contribution in [0.25, 0.3) is 0 Å². The van der Waals surface area contributed by atoms with Gasteiger partial charge in [0, 0.05) is 19.7 Å². The number of halogens is 2. The molecule has 0 radical (unpaired) electrons. The summed E-state index contributed by atoms with van der Waals surface area (Å²) in [4.78, 5) is 13.6. The molecule has 2 aromatic rings. The SMILES string of the molecule is COc1cc(Cn2ncc(NC(=O)CC3=CC=C4C(=CNN4C)C3)n2)cc(F)c1F. The average Bonchev–Trinajstić information content (AvgIpc) is 3.30. The van der Waals surface area contributed by atoms with Gasteiger partial charge >= 0.3 is 0 Å². The minimum Gasteiger partial charge on any atom is -0.494 e. The normalized spacial score (nSPS) is 15.1. The molecule has 1 aliphatic carbocycles. The van der Waals surface area contributed by atoms with Gasteiger partial charge in [-0.05, 0) is 35.8 Å². The van der Waals surface area contributed by atoms with Crippen LogP contribution >= 0.6 is 0 Å². The van der Waals surface area contributed by atoms with Crippen molar-refractivity contribution < 1.29 is 18.3 Å². The highest BCUT2D eigenvalue weighted by atomic mass is 19.2. The Labute approximate surface area is 171 Å². The van der Waals surface area contributed by atoms with Gasteiger partial charge in [-0.2, -0.15) is 14.3 Å². The van der Waals surface area contributed by atoms with E-state index >= 15 is 0 Å². The van der Waals surface area contributed by atoms with Crippen LogP contribution in [-0.2, 0) is 11.3 Å². The topological polar surface area (TPSA) is 84.3 Å². The molecular formula is C20H20F2N6O2. The molecule has 2 N–H and O–H groups in total. The Hall–Kier alpha value is -3.69.